The summed E-state index contributed by atoms with van der Waals surface area (Å²) in [6.07, 6.45) is 0. The van der Waals surface area contributed by atoms with E-state index in [2.05, 4.69) is 4.98 Å². The highest BCUT2D eigenvalue weighted by atomic mass is 32.2. The molecule has 0 aliphatic heterocycles. The lowest BCUT2D eigenvalue weighted by Gasteiger charge is -1.96. The standard InChI is InChI=1S/C6H9N3O4S2/c1-3-5(6(10)11)14-4(9-3)2-8-15(7,12)13/h8H,2H2,1H3,(H,10,11)(H2,7,12,13). The molecular formula is C6H9N3O4S2. The topological polar surface area (TPSA) is 122 Å². The predicted octanol–water partition coefficient (Wildman–Crippen LogP) is -0.557. The molecular weight excluding hydrogens is 242 g/mol. The van der Waals surface area contributed by atoms with Crippen molar-refractivity contribution in [3.63, 3.8) is 0 Å². The second-order valence-electron chi connectivity index (χ2n) is 2.69. The molecule has 84 valence electrons. The quantitative estimate of drug-likeness (QED) is 0.662. The minimum absolute atomic E-state index is 0.0984. The molecule has 0 bridgehead atoms. The average Bonchev–Trinajstić information content (AvgIpc) is 2.42. The first-order valence-electron chi connectivity index (χ1n) is 3.76. The number of aromatic carboxylic acids is 1. The van der Waals surface area contributed by atoms with Gasteiger partial charge in [-0.15, -0.1) is 11.3 Å². The van der Waals surface area contributed by atoms with Gasteiger partial charge in [0.2, 0.25) is 0 Å². The third-order valence-corrected chi connectivity index (χ3v) is 3.15. The van der Waals surface area contributed by atoms with Gasteiger partial charge in [0, 0.05) is 0 Å². The number of nitrogens with one attached hydrogen (secondary N) is 1. The maximum absolute atomic E-state index is 10.6. The van der Waals surface area contributed by atoms with Crippen molar-refractivity contribution < 1.29 is 18.3 Å². The van der Waals surface area contributed by atoms with E-state index in [9.17, 15) is 13.2 Å². The van der Waals surface area contributed by atoms with Crippen LogP contribution in [0, 0.1) is 6.92 Å². The molecule has 0 fully saturated rings. The molecule has 0 unspecified atom stereocenters. The van der Waals surface area contributed by atoms with Crippen molar-refractivity contribution in [3.05, 3.63) is 15.6 Å². The summed E-state index contributed by atoms with van der Waals surface area (Å²) >= 11 is 0.915. The molecule has 0 spiro atoms. The lowest BCUT2D eigenvalue weighted by molar-refractivity contribution is 0.0701. The monoisotopic (exact) mass is 251 g/mol. The van der Waals surface area contributed by atoms with Gasteiger partial charge in [-0.2, -0.15) is 13.1 Å². The number of thiazole rings is 1. The molecule has 4 N–H and O–H groups in total. The maximum atomic E-state index is 10.6. The van der Waals surface area contributed by atoms with E-state index in [1.807, 2.05) is 4.72 Å². The normalized spacial score (nSPS) is 11.6. The Hall–Kier alpha value is -1.03. The van der Waals surface area contributed by atoms with Crippen molar-refractivity contribution in [2.45, 2.75) is 13.5 Å². The molecule has 1 heterocycles. The second-order valence-corrected chi connectivity index (χ2v) is 5.16. The van der Waals surface area contributed by atoms with Crippen LogP contribution in [0.25, 0.3) is 0 Å². The molecule has 1 rings (SSSR count). The minimum atomic E-state index is -3.78. The van der Waals surface area contributed by atoms with Gasteiger partial charge in [-0.25, -0.2) is 14.9 Å². The number of rotatable bonds is 4. The van der Waals surface area contributed by atoms with E-state index in [-0.39, 0.29) is 11.4 Å². The Morgan fingerprint density at radius 3 is 2.67 bits per heavy atom. The maximum Gasteiger partial charge on any atom is 0.347 e. The van der Waals surface area contributed by atoms with Gasteiger partial charge in [0.1, 0.15) is 9.88 Å². The number of aromatic nitrogens is 1. The van der Waals surface area contributed by atoms with E-state index in [1.165, 1.54) is 0 Å². The van der Waals surface area contributed by atoms with Gasteiger partial charge < -0.3 is 5.11 Å². The molecule has 1 aromatic rings. The van der Waals surface area contributed by atoms with Gasteiger partial charge in [-0.1, -0.05) is 0 Å². The van der Waals surface area contributed by atoms with Crippen molar-refractivity contribution in [2.24, 2.45) is 5.14 Å². The van der Waals surface area contributed by atoms with Crippen LogP contribution in [0.15, 0.2) is 0 Å². The summed E-state index contributed by atoms with van der Waals surface area (Å²) in [6, 6.07) is 0. The van der Waals surface area contributed by atoms with Crippen LogP contribution in [0.5, 0.6) is 0 Å². The number of hydrogen-bond acceptors (Lipinski definition) is 5. The van der Waals surface area contributed by atoms with E-state index in [1.54, 1.807) is 6.92 Å². The Labute approximate surface area is 90.1 Å². The highest BCUT2D eigenvalue weighted by Gasteiger charge is 2.14. The van der Waals surface area contributed by atoms with Gasteiger partial charge in [0.15, 0.2) is 0 Å². The number of carboxylic acid groups (broad SMARTS) is 1. The Morgan fingerprint density at radius 2 is 2.27 bits per heavy atom. The molecule has 1 aromatic heterocycles. The highest BCUT2D eigenvalue weighted by Crippen LogP contribution is 2.17. The number of nitrogens with two attached hydrogens (primary N) is 1. The summed E-state index contributed by atoms with van der Waals surface area (Å²) in [4.78, 5) is 14.6. The van der Waals surface area contributed by atoms with Crippen LogP contribution in [0.2, 0.25) is 0 Å². The first-order chi connectivity index (χ1) is 6.79. The summed E-state index contributed by atoms with van der Waals surface area (Å²) in [5.41, 5.74) is 0.360. The third kappa shape index (κ3) is 3.55. The third-order valence-electron chi connectivity index (χ3n) is 1.46. The smallest absolute Gasteiger partial charge is 0.347 e. The van der Waals surface area contributed by atoms with Gasteiger partial charge in [0.05, 0.1) is 12.2 Å². The molecule has 9 heteroatoms. The number of aryl methyl sites for hydroxylation is 1. The summed E-state index contributed by atoms with van der Waals surface area (Å²) in [7, 11) is -3.78. The molecule has 0 aliphatic carbocycles. The van der Waals surface area contributed by atoms with Crippen LogP contribution >= 0.6 is 11.3 Å². The zero-order valence-corrected chi connectivity index (χ0v) is 9.35. The Bertz CT molecular complexity index is 479. The van der Waals surface area contributed by atoms with Gasteiger partial charge in [0.25, 0.3) is 10.2 Å². The number of carboxylic acids is 1. The van der Waals surface area contributed by atoms with Crippen molar-refractivity contribution in [1.29, 1.82) is 0 Å². The van der Waals surface area contributed by atoms with Crippen LogP contribution < -0.4 is 9.86 Å². The predicted molar refractivity (Wildman–Crippen MR) is 53.8 cm³/mol. The average molecular weight is 251 g/mol. The van der Waals surface area contributed by atoms with Crippen molar-refractivity contribution in [3.8, 4) is 0 Å². The van der Waals surface area contributed by atoms with Crippen molar-refractivity contribution in [2.75, 3.05) is 0 Å². The van der Waals surface area contributed by atoms with Crippen LogP contribution in [0.1, 0.15) is 20.4 Å². The molecule has 15 heavy (non-hydrogen) atoms. The Balaban J connectivity index is 2.81. The molecule has 0 saturated carbocycles. The number of carbonyl (C=O) groups is 1. The molecule has 0 saturated heterocycles. The van der Waals surface area contributed by atoms with Gasteiger partial charge >= 0.3 is 5.97 Å². The molecule has 0 atom stereocenters. The summed E-state index contributed by atoms with van der Waals surface area (Å²) in [6.45, 7) is 1.44. The number of hydrogen-bond donors (Lipinski definition) is 3. The van der Waals surface area contributed by atoms with E-state index >= 15 is 0 Å². The first-order valence-corrected chi connectivity index (χ1v) is 6.13. The van der Waals surface area contributed by atoms with E-state index < -0.39 is 16.2 Å². The second kappa shape index (κ2) is 4.23. The van der Waals surface area contributed by atoms with Crippen LogP contribution in [-0.2, 0) is 16.8 Å². The van der Waals surface area contributed by atoms with Gasteiger partial charge in [-0.3, -0.25) is 0 Å². The first kappa shape index (κ1) is 12.0. The summed E-state index contributed by atoms with van der Waals surface area (Å²) < 4.78 is 23.1. The van der Waals surface area contributed by atoms with E-state index in [4.69, 9.17) is 10.2 Å². The molecule has 0 aliphatic rings. The largest absolute Gasteiger partial charge is 0.477 e. The SMILES string of the molecule is Cc1nc(CNS(N)(=O)=O)sc1C(=O)O. The van der Waals surface area contributed by atoms with Crippen molar-refractivity contribution >= 4 is 27.5 Å². The molecule has 0 aromatic carbocycles. The van der Waals surface area contributed by atoms with Crippen molar-refractivity contribution in [1.82, 2.24) is 9.71 Å². The fourth-order valence-corrected chi connectivity index (χ4v) is 2.16. The van der Waals surface area contributed by atoms with Crippen LogP contribution in [0.4, 0.5) is 0 Å². The fraction of sp³-hybridized carbons (Fsp3) is 0.333. The van der Waals surface area contributed by atoms with Crippen LogP contribution in [0.3, 0.4) is 0 Å². The molecule has 7 nitrogen and oxygen atoms in total. The molecule has 0 amide bonds. The van der Waals surface area contributed by atoms with Gasteiger partial charge in [-0.05, 0) is 6.92 Å². The summed E-state index contributed by atoms with van der Waals surface area (Å²) in [5, 5.41) is 13.8. The lowest BCUT2D eigenvalue weighted by atomic mass is 10.4. The Morgan fingerprint density at radius 1 is 1.67 bits per heavy atom. The zero-order valence-electron chi connectivity index (χ0n) is 7.72. The number of nitrogens with zero attached hydrogens (tertiary/aromatic N) is 1. The molecule has 0 radical (unpaired) electrons. The summed E-state index contributed by atoms with van der Waals surface area (Å²) in [5.74, 6) is -1.08. The fourth-order valence-electron chi connectivity index (χ4n) is 0.889. The zero-order chi connectivity index (χ0) is 11.6. The van der Waals surface area contributed by atoms with Crippen LogP contribution in [-0.4, -0.2) is 24.5 Å². The lowest BCUT2D eigenvalue weighted by Crippen LogP contribution is -2.30. The Kier molecular flexibility index (Phi) is 3.39. The van der Waals surface area contributed by atoms with E-state index in [0.29, 0.717) is 10.7 Å². The minimum Gasteiger partial charge on any atom is -0.477 e. The highest BCUT2D eigenvalue weighted by molar-refractivity contribution is 7.87. The van der Waals surface area contributed by atoms with E-state index in [0.717, 1.165) is 11.3 Å².